The van der Waals surface area contributed by atoms with Crippen LogP contribution in [0.3, 0.4) is 0 Å². The SMILES string of the molecule is Cn1ccnc1C=O.NC(=O)C1C=CC=CC1. The van der Waals surface area contributed by atoms with E-state index in [0.29, 0.717) is 5.82 Å². The molecule has 0 spiro atoms. The second kappa shape index (κ2) is 6.42. The quantitative estimate of drug-likeness (QED) is 0.769. The molecule has 0 bridgehead atoms. The number of aromatic nitrogens is 2. The fraction of sp³-hybridized carbons (Fsp3) is 0.250. The molecule has 0 saturated heterocycles. The van der Waals surface area contributed by atoms with Gasteiger partial charge in [0, 0.05) is 19.4 Å². The maximum Gasteiger partial charge on any atom is 0.224 e. The molecule has 17 heavy (non-hydrogen) atoms. The van der Waals surface area contributed by atoms with Crippen LogP contribution in [0.5, 0.6) is 0 Å². The Balaban J connectivity index is 0.000000171. The summed E-state index contributed by atoms with van der Waals surface area (Å²) >= 11 is 0. The van der Waals surface area contributed by atoms with Crippen molar-refractivity contribution in [2.45, 2.75) is 6.42 Å². The van der Waals surface area contributed by atoms with Crippen molar-refractivity contribution in [2.75, 3.05) is 0 Å². The predicted octanol–water partition coefficient (Wildman–Crippen LogP) is 0.837. The minimum absolute atomic E-state index is 0.0741. The Morgan fingerprint density at radius 3 is 2.65 bits per heavy atom. The number of imidazole rings is 1. The Morgan fingerprint density at radius 1 is 1.59 bits per heavy atom. The van der Waals surface area contributed by atoms with Gasteiger partial charge in [-0.1, -0.05) is 24.3 Å². The Hall–Kier alpha value is -2.17. The molecule has 1 aromatic heterocycles. The molecule has 90 valence electrons. The summed E-state index contributed by atoms with van der Waals surface area (Å²) in [4.78, 5) is 24.2. The Kier molecular flexibility index (Phi) is 4.87. The maximum atomic E-state index is 10.5. The molecule has 0 aromatic carbocycles. The van der Waals surface area contributed by atoms with Crippen molar-refractivity contribution in [2.24, 2.45) is 18.7 Å². The summed E-state index contributed by atoms with van der Waals surface area (Å²) in [5.41, 5.74) is 5.04. The molecular weight excluding hydrogens is 218 g/mol. The van der Waals surface area contributed by atoms with Crippen molar-refractivity contribution in [3.8, 4) is 0 Å². The summed E-state index contributed by atoms with van der Waals surface area (Å²) in [6.07, 6.45) is 12.3. The van der Waals surface area contributed by atoms with Gasteiger partial charge < -0.3 is 10.3 Å². The number of amides is 1. The average Bonchev–Trinajstić information content (AvgIpc) is 2.76. The van der Waals surface area contributed by atoms with Gasteiger partial charge in [0.2, 0.25) is 5.91 Å². The zero-order valence-corrected chi connectivity index (χ0v) is 9.61. The van der Waals surface area contributed by atoms with Gasteiger partial charge >= 0.3 is 0 Å². The van der Waals surface area contributed by atoms with E-state index in [9.17, 15) is 9.59 Å². The smallest absolute Gasteiger partial charge is 0.224 e. The van der Waals surface area contributed by atoms with Crippen molar-refractivity contribution < 1.29 is 9.59 Å². The molecule has 2 rings (SSSR count). The minimum atomic E-state index is -0.240. The van der Waals surface area contributed by atoms with Gasteiger partial charge in [0.1, 0.15) is 0 Å². The molecule has 1 atom stereocenters. The predicted molar refractivity (Wildman–Crippen MR) is 64.2 cm³/mol. The molecule has 0 aliphatic heterocycles. The highest BCUT2D eigenvalue weighted by atomic mass is 16.1. The van der Waals surface area contributed by atoms with Gasteiger partial charge in [-0.25, -0.2) is 4.98 Å². The number of rotatable bonds is 2. The second-order valence-electron chi connectivity index (χ2n) is 3.57. The first-order valence-corrected chi connectivity index (χ1v) is 5.20. The number of aryl methyl sites for hydroxylation is 1. The fourth-order valence-corrected chi connectivity index (χ4v) is 1.28. The highest BCUT2D eigenvalue weighted by Crippen LogP contribution is 2.09. The van der Waals surface area contributed by atoms with Crippen molar-refractivity contribution >= 4 is 12.2 Å². The van der Waals surface area contributed by atoms with Gasteiger partial charge in [0.15, 0.2) is 12.1 Å². The summed E-state index contributed by atoms with van der Waals surface area (Å²) in [6, 6.07) is 0. The molecule has 0 radical (unpaired) electrons. The third-order valence-corrected chi connectivity index (χ3v) is 2.31. The molecule has 5 heteroatoms. The summed E-state index contributed by atoms with van der Waals surface area (Å²) in [5, 5.41) is 0. The normalized spacial score (nSPS) is 17.1. The third-order valence-electron chi connectivity index (χ3n) is 2.31. The van der Waals surface area contributed by atoms with Crippen LogP contribution in [-0.2, 0) is 11.8 Å². The molecule has 0 saturated carbocycles. The molecule has 0 fully saturated rings. The summed E-state index contributed by atoms with van der Waals surface area (Å²) in [6.45, 7) is 0. The van der Waals surface area contributed by atoms with Gasteiger partial charge in [0.05, 0.1) is 5.92 Å². The summed E-state index contributed by atoms with van der Waals surface area (Å²) < 4.78 is 1.66. The molecule has 5 nitrogen and oxygen atoms in total. The second-order valence-corrected chi connectivity index (χ2v) is 3.57. The van der Waals surface area contributed by atoms with Gasteiger partial charge in [0.25, 0.3) is 0 Å². The van der Waals surface area contributed by atoms with Gasteiger partial charge in [-0.05, 0) is 6.42 Å². The van der Waals surface area contributed by atoms with Crippen LogP contribution >= 0.6 is 0 Å². The number of nitrogens with two attached hydrogens (primary N) is 1. The highest BCUT2D eigenvalue weighted by Gasteiger charge is 2.09. The van der Waals surface area contributed by atoms with E-state index in [1.807, 2.05) is 24.3 Å². The van der Waals surface area contributed by atoms with Crippen LogP contribution < -0.4 is 5.73 Å². The van der Waals surface area contributed by atoms with Crippen LogP contribution in [0.4, 0.5) is 0 Å². The first-order valence-electron chi connectivity index (χ1n) is 5.20. The fourth-order valence-electron chi connectivity index (χ4n) is 1.28. The zero-order chi connectivity index (χ0) is 12.7. The van der Waals surface area contributed by atoms with Crippen LogP contribution in [-0.4, -0.2) is 21.7 Å². The summed E-state index contributed by atoms with van der Waals surface area (Å²) in [7, 11) is 1.77. The van der Waals surface area contributed by atoms with E-state index < -0.39 is 0 Å². The molecule has 1 aliphatic carbocycles. The van der Waals surface area contributed by atoms with Crippen molar-refractivity contribution in [1.29, 1.82) is 0 Å². The number of primary amides is 1. The monoisotopic (exact) mass is 233 g/mol. The Morgan fingerprint density at radius 2 is 2.35 bits per heavy atom. The molecule has 1 heterocycles. The van der Waals surface area contributed by atoms with Crippen molar-refractivity contribution in [3.05, 3.63) is 42.5 Å². The number of allylic oxidation sites excluding steroid dienone is 3. The number of carbonyl (C=O) groups is 2. The topological polar surface area (TPSA) is 78.0 Å². The average molecular weight is 233 g/mol. The lowest BCUT2D eigenvalue weighted by atomic mass is 10.0. The van der Waals surface area contributed by atoms with Crippen LogP contribution in [0.25, 0.3) is 0 Å². The van der Waals surface area contributed by atoms with E-state index in [1.54, 1.807) is 24.0 Å². The molecule has 1 aromatic rings. The van der Waals surface area contributed by atoms with E-state index in [-0.39, 0.29) is 11.8 Å². The largest absolute Gasteiger partial charge is 0.369 e. The molecular formula is C12H15N3O2. The van der Waals surface area contributed by atoms with E-state index >= 15 is 0 Å². The van der Waals surface area contributed by atoms with Crippen LogP contribution in [0.15, 0.2) is 36.7 Å². The Bertz CT molecular complexity index is 446. The Labute approximate surface area is 99.6 Å². The number of carbonyl (C=O) groups excluding carboxylic acids is 2. The summed E-state index contributed by atoms with van der Waals surface area (Å²) in [5.74, 6) is 0.149. The van der Waals surface area contributed by atoms with Crippen molar-refractivity contribution in [1.82, 2.24) is 9.55 Å². The van der Waals surface area contributed by atoms with Gasteiger partial charge in [-0.2, -0.15) is 0 Å². The maximum absolute atomic E-state index is 10.5. The van der Waals surface area contributed by atoms with Gasteiger partial charge in [-0.3, -0.25) is 9.59 Å². The van der Waals surface area contributed by atoms with E-state index in [2.05, 4.69) is 4.98 Å². The van der Waals surface area contributed by atoms with E-state index in [4.69, 9.17) is 5.73 Å². The van der Waals surface area contributed by atoms with Crippen LogP contribution in [0.2, 0.25) is 0 Å². The first kappa shape index (κ1) is 12.9. The lowest BCUT2D eigenvalue weighted by molar-refractivity contribution is -0.120. The number of nitrogens with zero attached hydrogens (tertiary/aromatic N) is 2. The number of aldehydes is 1. The first-order chi connectivity index (χ1) is 8.15. The van der Waals surface area contributed by atoms with E-state index in [0.717, 1.165) is 12.7 Å². The van der Waals surface area contributed by atoms with Gasteiger partial charge in [-0.15, -0.1) is 0 Å². The molecule has 1 amide bonds. The lowest BCUT2D eigenvalue weighted by Crippen LogP contribution is -2.21. The van der Waals surface area contributed by atoms with Crippen LogP contribution in [0.1, 0.15) is 17.0 Å². The van der Waals surface area contributed by atoms with E-state index in [1.165, 1.54) is 0 Å². The molecule has 1 aliphatic rings. The molecule has 1 unspecified atom stereocenters. The minimum Gasteiger partial charge on any atom is -0.369 e. The highest BCUT2D eigenvalue weighted by molar-refractivity contribution is 5.79. The zero-order valence-electron chi connectivity index (χ0n) is 9.61. The number of hydrogen-bond acceptors (Lipinski definition) is 3. The standard InChI is InChI=1S/C7H9NO.C5H6N2O/c8-7(9)6-4-2-1-3-5-6;1-7-3-2-6-5(7)4-8/h1-4,6H,5H2,(H2,8,9);2-4H,1H3. The number of hydrogen-bond donors (Lipinski definition) is 1. The van der Waals surface area contributed by atoms with Crippen LogP contribution in [0, 0.1) is 5.92 Å². The molecule has 2 N–H and O–H groups in total. The lowest BCUT2D eigenvalue weighted by Gasteiger charge is -2.06. The van der Waals surface area contributed by atoms with Crippen molar-refractivity contribution in [3.63, 3.8) is 0 Å². The third kappa shape index (κ3) is 4.06.